The molecule has 4 heteroatoms. The molecular formula is C14H21F2NO. The molecular weight excluding hydrogens is 236 g/mol. The Morgan fingerprint density at radius 1 is 1.28 bits per heavy atom. The molecule has 1 unspecified atom stereocenters. The fraction of sp³-hybridized carbons (Fsp3) is 0.571. The molecule has 0 fully saturated rings. The van der Waals surface area contributed by atoms with Crippen molar-refractivity contribution in [3.8, 4) is 5.75 Å². The van der Waals surface area contributed by atoms with Crippen molar-refractivity contribution in [1.29, 1.82) is 0 Å². The van der Waals surface area contributed by atoms with Crippen molar-refractivity contribution in [3.63, 3.8) is 0 Å². The van der Waals surface area contributed by atoms with Crippen LogP contribution < -0.4 is 10.1 Å². The van der Waals surface area contributed by atoms with Gasteiger partial charge in [-0.25, -0.2) is 8.78 Å². The summed E-state index contributed by atoms with van der Waals surface area (Å²) in [6.45, 7) is 9.34. The van der Waals surface area contributed by atoms with E-state index in [1.54, 1.807) is 0 Å². The summed E-state index contributed by atoms with van der Waals surface area (Å²) in [5.41, 5.74) is 0.0400. The lowest BCUT2D eigenvalue weighted by Crippen LogP contribution is -2.39. The first kappa shape index (κ1) is 14.9. The van der Waals surface area contributed by atoms with Crippen LogP contribution in [0.1, 0.15) is 27.7 Å². The second-order valence-electron chi connectivity index (χ2n) is 5.62. The first-order valence-corrected chi connectivity index (χ1v) is 6.11. The molecule has 0 aliphatic heterocycles. The van der Waals surface area contributed by atoms with Gasteiger partial charge in [0.25, 0.3) is 0 Å². The van der Waals surface area contributed by atoms with E-state index >= 15 is 0 Å². The molecule has 1 rings (SSSR count). The predicted octanol–water partition coefficient (Wildman–Crippen LogP) is 3.37. The normalized spacial score (nSPS) is 13.4. The molecule has 1 N–H and O–H groups in total. The van der Waals surface area contributed by atoms with Crippen molar-refractivity contribution in [2.45, 2.75) is 33.2 Å². The van der Waals surface area contributed by atoms with Gasteiger partial charge in [0, 0.05) is 24.1 Å². The Balaban J connectivity index is 2.42. The van der Waals surface area contributed by atoms with Crippen LogP contribution in [0.3, 0.4) is 0 Å². The predicted molar refractivity (Wildman–Crippen MR) is 68.8 cm³/mol. The van der Waals surface area contributed by atoms with Gasteiger partial charge in [0.15, 0.2) is 11.6 Å². The average molecular weight is 257 g/mol. The van der Waals surface area contributed by atoms with Gasteiger partial charge in [-0.2, -0.15) is 0 Å². The highest BCUT2D eigenvalue weighted by molar-refractivity contribution is 5.24. The molecule has 0 saturated carbocycles. The highest BCUT2D eigenvalue weighted by Gasteiger charge is 2.12. The van der Waals surface area contributed by atoms with E-state index in [0.29, 0.717) is 6.61 Å². The molecule has 0 aromatic heterocycles. The smallest absolute Gasteiger partial charge is 0.165 e. The molecule has 102 valence electrons. The van der Waals surface area contributed by atoms with Crippen LogP contribution in [-0.4, -0.2) is 18.7 Å². The quantitative estimate of drug-likeness (QED) is 0.873. The SMILES string of the molecule is CC(CNC(C)(C)C)COc1cc(F)ccc1F. The molecule has 0 bridgehead atoms. The molecule has 0 radical (unpaired) electrons. The van der Waals surface area contributed by atoms with Crippen LogP contribution in [0.15, 0.2) is 18.2 Å². The lowest BCUT2D eigenvalue weighted by molar-refractivity contribution is 0.234. The van der Waals surface area contributed by atoms with Gasteiger partial charge in [0.05, 0.1) is 6.61 Å². The molecule has 1 atom stereocenters. The van der Waals surface area contributed by atoms with Crippen molar-refractivity contribution < 1.29 is 13.5 Å². The number of hydrogen-bond donors (Lipinski definition) is 1. The summed E-state index contributed by atoms with van der Waals surface area (Å²) < 4.78 is 31.5. The number of nitrogens with one attached hydrogen (secondary N) is 1. The first-order valence-electron chi connectivity index (χ1n) is 6.11. The molecule has 0 aliphatic rings. The van der Waals surface area contributed by atoms with Crippen molar-refractivity contribution >= 4 is 0 Å². The van der Waals surface area contributed by atoms with Crippen LogP contribution >= 0.6 is 0 Å². The zero-order chi connectivity index (χ0) is 13.8. The van der Waals surface area contributed by atoms with Gasteiger partial charge >= 0.3 is 0 Å². The summed E-state index contributed by atoms with van der Waals surface area (Å²) in [7, 11) is 0. The van der Waals surface area contributed by atoms with Gasteiger partial charge in [-0.1, -0.05) is 6.92 Å². The third kappa shape index (κ3) is 5.45. The van der Waals surface area contributed by atoms with Crippen LogP contribution in [0, 0.1) is 17.6 Å². The maximum atomic E-state index is 13.3. The number of benzene rings is 1. The number of halogens is 2. The molecule has 18 heavy (non-hydrogen) atoms. The van der Waals surface area contributed by atoms with Crippen molar-refractivity contribution in [2.24, 2.45) is 5.92 Å². The highest BCUT2D eigenvalue weighted by Crippen LogP contribution is 2.18. The van der Waals surface area contributed by atoms with Crippen LogP contribution in [-0.2, 0) is 0 Å². The Labute approximate surface area is 107 Å². The van der Waals surface area contributed by atoms with Gasteiger partial charge in [-0.05, 0) is 32.9 Å². The monoisotopic (exact) mass is 257 g/mol. The second-order valence-corrected chi connectivity index (χ2v) is 5.62. The fourth-order valence-corrected chi connectivity index (χ4v) is 1.36. The van der Waals surface area contributed by atoms with E-state index in [1.165, 1.54) is 0 Å². The van der Waals surface area contributed by atoms with E-state index in [0.717, 1.165) is 24.7 Å². The summed E-state index contributed by atoms with van der Waals surface area (Å²) in [4.78, 5) is 0. The molecule has 1 aromatic rings. The van der Waals surface area contributed by atoms with E-state index in [4.69, 9.17) is 4.74 Å². The third-order valence-electron chi connectivity index (χ3n) is 2.40. The lowest BCUT2D eigenvalue weighted by Gasteiger charge is -2.23. The molecule has 0 saturated heterocycles. The standard InChI is InChI=1S/C14H21F2NO/c1-10(8-17-14(2,3)4)9-18-13-7-11(15)5-6-12(13)16/h5-7,10,17H,8-9H2,1-4H3. The minimum absolute atomic E-state index is 0.0300. The number of hydrogen-bond acceptors (Lipinski definition) is 2. The van der Waals surface area contributed by atoms with Gasteiger partial charge in [0.2, 0.25) is 0 Å². The van der Waals surface area contributed by atoms with E-state index in [9.17, 15) is 8.78 Å². The minimum atomic E-state index is -0.535. The number of rotatable bonds is 5. The number of ether oxygens (including phenoxy) is 1. The van der Waals surface area contributed by atoms with Gasteiger partial charge in [-0.15, -0.1) is 0 Å². The zero-order valence-electron chi connectivity index (χ0n) is 11.4. The van der Waals surface area contributed by atoms with Crippen LogP contribution in [0.4, 0.5) is 8.78 Å². The second kappa shape index (κ2) is 6.14. The Kier molecular flexibility index (Phi) is 5.08. The van der Waals surface area contributed by atoms with E-state index in [1.807, 2.05) is 6.92 Å². The topological polar surface area (TPSA) is 21.3 Å². The molecule has 0 amide bonds. The highest BCUT2D eigenvalue weighted by atomic mass is 19.1. The summed E-state index contributed by atoms with van der Waals surface area (Å²) in [5.74, 6) is -0.844. The van der Waals surface area contributed by atoms with Gasteiger partial charge in [-0.3, -0.25) is 0 Å². The van der Waals surface area contributed by atoms with Crippen molar-refractivity contribution in [3.05, 3.63) is 29.8 Å². The minimum Gasteiger partial charge on any atom is -0.490 e. The first-order chi connectivity index (χ1) is 8.28. The van der Waals surface area contributed by atoms with Crippen LogP contribution in [0.25, 0.3) is 0 Å². The van der Waals surface area contributed by atoms with E-state index in [2.05, 4.69) is 26.1 Å². The third-order valence-corrected chi connectivity index (χ3v) is 2.40. The molecule has 0 heterocycles. The Bertz CT molecular complexity index is 388. The Morgan fingerprint density at radius 2 is 1.94 bits per heavy atom. The van der Waals surface area contributed by atoms with Crippen molar-refractivity contribution in [1.82, 2.24) is 5.32 Å². The summed E-state index contributed by atoms with van der Waals surface area (Å²) in [6.07, 6.45) is 0. The van der Waals surface area contributed by atoms with Gasteiger partial charge in [0.1, 0.15) is 5.82 Å². The van der Waals surface area contributed by atoms with Gasteiger partial charge < -0.3 is 10.1 Å². The lowest BCUT2D eigenvalue weighted by atomic mass is 10.1. The van der Waals surface area contributed by atoms with E-state index < -0.39 is 11.6 Å². The van der Waals surface area contributed by atoms with Crippen molar-refractivity contribution in [2.75, 3.05) is 13.2 Å². The molecule has 0 spiro atoms. The molecule has 0 aliphatic carbocycles. The summed E-state index contributed by atoms with van der Waals surface area (Å²) in [5, 5.41) is 3.34. The maximum absolute atomic E-state index is 13.3. The Hall–Kier alpha value is -1.16. The van der Waals surface area contributed by atoms with Crippen LogP contribution in [0.2, 0.25) is 0 Å². The summed E-state index contributed by atoms with van der Waals surface area (Å²) in [6, 6.07) is 3.22. The fourth-order valence-electron chi connectivity index (χ4n) is 1.36. The Morgan fingerprint density at radius 3 is 2.56 bits per heavy atom. The summed E-state index contributed by atoms with van der Waals surface area (Å²) >= 11 is 0. The molecule has 1 aromatic carbocycles. The zero-order valence-corrected chi connectivity index (χ0v) is 11.4. The molecule has 2 nitrogen and oxygen atoms in total. The average Bonchev–Trinajstić information content (AvgIpc) is 2.26. The van der Waals surface area contributed by atoms with Crippen LogP contribution in [0.5, 0.6) is 5.75 Å². The largest absolute Gasteiger partial charge is 0.490 e. The van der Waals surface area contributed by atoms with E-state index in [-0.39, 0.29) is 17.2 Å². The maximum Gasteiger partial charge on any atom is 0.165 e.